The molecule has 0 bridgehead atoms. The first-order valence-corrected chi connectivity index (χ1v) is 6.69. The van der Waals surface area contributed by atoms with Crippen molar-refractivity contribution < 1.29 is 18.4 Å². The number of hydrogen-bond acceptors (Lipinski definition) is 4. The smallest absolute Gasteiger partial charge is 0.248 e. The SMILES string of the molecule is COCC(=O)N1CCc2c(noc2-c2ccc(F)cc2)C1. The predicted octanol–water partition coefficient (Wildman–Crippen LogP) is 2.01. The number of nitrogens with zero attached hydrogens (tertiary/aromatic N) is 2. The fourth-order valence-corrected chi connectivity index (χ4v) is 2.49. The highest BCUT2D eigenvalue weighted by Crippen LogP contribution is 2.30. The van der Waals surface area contributed by atoms with Gasteiger partial charge in [0.25, 0.3) is 0 Å². The Morgan fingerprint density at radius 2 is 2.19 bits per heavy atom. The molecule has 0 unspecified atom stereocenters. The van der Waals surface area contributed by atoms with Crippen molar-refractivity contribution in [2.75, 3.05) is 20.3 Å². The van der Waals surface area contributed by atoms with Crippen LogP contribution in [0.5, 0.6) is 0 Å². The van der Waals surface area contributed by atoms with Crippen LogP contribution in [0.25, 0.3) is 11.3 Å². The Labute approximate surface area is 121 Å². The van der Waals surface area contributed by atoms with Crippen LogP contribution in [0.4, 0.5) is 4.39 Å². The third-order valence-electron chi connectivity index (χ3n) is 3.57. The van der Waals surface area contributed by atoms with Gasteiger partial charge < -0.3 is 14.2 Å². The van der Waals surface area contributed by atoms with Crippen molar-refractivity contribution in [3.05, 3.63) is 41.3 Å². The van der Waals surface area contributed by atoms with Crippen LogP contribution in [-0.2, 0) is 22.5 Å². The predicted molar refractivity (Wildman–Crippen MR) is 72.9 cm³/mol. The topological polar surface area (TPSA) is 55.6 Å². The molecule has 1 aromatic heterocycles. The summed E-state index contributed by atoms with van der Waals surface area (Å²) < 4.78 is 23.2. The van der Waals surface area contributed by atoms with E-state index in [0.717, 1.165) is 16.8 Å². The van der Waals surface area contributed by atoms with E-state index >= 15 is 0 Å². The lowest BCUT2D eigenvalue weighted by atomic mass is 10.0. The lowest BCUT2D eigenvalue weighted by molar-refractivity contribution is -0.136. The molecule has 2 heterocycles. The number of ether oxygens (including phenoxy) is 1. The Kier molecular flexibility index (Phi) is 3.70. The van der Waals surface area contributed by atoms with E-state index in [1.165, 1.54) is 19.2 Å². The Morgan fingerprint density at radius 3 is 2.90 bits per heavy atom. The van der Waals surface area contributed by atoms with Crippen LogP contribution in [-0.4, -0.2) is 36.2 Å². The maximum absolute atomic E-state index is 13.0. The highest BCUT2D eigenvalue weighted by Gasteiger charge is 2.26. The monoisotopic (exact) mass is 290 g/mol. The first-order chi connectivity index (χ1) is 10.2. The fourth-order valence-electron chi connectivity index (χ4n) is 2.49. The van der Waals surface area contributed by atoms with Crippen molar-refractivity contribution in [2.45, 2.75) is 13.0 Å². The van der Waals surface area contributed by atoms with Gasteiger partial charge in [0, 0.05) is 24.8 Å². The molecule has 1 aromatic carbocycles. The summed E-state index contributed by atoms with van der Waals surface area (Å²) in [4.78, 5) is 13.5. The van der Waals surface area contributed by atoms with Crippen molar-refractivity contribution in [1.29, 1.82) is 0 Å². The Hall–Kier alpha value is -2.21. The van der Waals surface area contributed by atoms with E-state index in [4.69, 9.17) is 9.26 Å². The quantitative estimate of drug-likeness (QED) is 0.867. The molecular formula is C15H15FN2O3. The van der Waals surface area contributed by atoms with Gasteiger partial charge in [0.1, 0.15) is 18.1 Å². The number of methoxy groups -OCH3 is 1. The minimum Gasteiger partial charge on any atom is -0.375 e. The molecule has 1 amide bonds. The molecule has 0 atom stereocenters. The molecule has 0 fully saturated rings. The Balaban J connectivity index is 1.84. The van der Waals surface area contributed by atoms with Crippen molar-refractivity contribution in [1.82, 2.24) is 10.1 Å². The van der Waals surface area contributed by atoms with Gasteiger partial charge in [0.2, 0.25) is 5.91 Å². The normalized spacial score (nSPS) is 14.1. The van der Waals surface area contributed by atoms with Crippen molar-refractivity contribution in [3.8, 4) is 11.3 Å². The van der Waals surface area contributed by atoms with Crippen molar-refractivity contribution in [3.63, 3.8) is 0 Å². The number of fused-ring (bicyclic) bond motifs is 1. The van der Waals surface area contributed by atoms with E-state index in [1.807, 2.05) is 0 Å². The fraction of sp³-hybridized carbons (Fsp3) is 0.333. The zero-order chi connectivity index (χ0) is 14.8. The first-order valence-electron chi connectivity index (χ1n) is 6.69. The minimum absolute atomic E-state index is 0.0607. The van der Waals surface area contributed by atoms with E-state index in [9.17, 15) is 9.18 Å². The van der Waals surface area contributed by atoms with Crippen LogP contribution in [0.1, 0.15) is 11.3 Å². The molecule has 1 aliphatic heterocycles. The number of amides is 1. The molecule has 0 spiro atoms. The average molecular weight is 290 g/mol. The van der Waals surface area contributed by atoms with E-state index in [1.54, 1.807) is 17.0 Å². The second-order valence-corrected chi connectivity index (χ2v) is 4.94. The molecule has 6 heteroatoms. The molecule has 0 saturated heterocycles. The molecule has 110 valence electrons. The molecule has 2 aromatic rings. The molecule has 0 saturated carbocycles. The third kappa shape index (κ3) is 2.67. The van der Waals surface area contributed by atoms with Gasteiger partial charge in [0.15, 0.2) is 5.76 Å². The van der Waals surface area contributed by atoms with E-state index in [2.05, 4.69) is 5.16 Å². The van der Waals surface area contributed by atoms with Gasteiger partial charge in [-0.15, -0.1) is 0 Å². The number of halogens is 1. The number of rotatable bonds is 3. The maximum Gasteiger partial charge on any atom is 0.248 e. The molecule has 3 rings (SSSR count). The summed E-state index contributed by atoms with van der Waals surface area (Å²) in [5.74, 6) is 0.307. The summed E-state index contributed by atoms with van der Waals surface area (Å²) in [5, 5.41) is 4.04. The zero-order valence-electron chi connectivity index (χ0n) is 11.6. The lowest BCUT2D eigenvalue weighted by Gasteiger charge is -2.25. The summed E-state index contributed by atoms with van der Waals surface area (Å²) >= 11 is 0. The molecule has 1 aliphatic rings. The van der Waals surface area contributed by atoms with Gasteiger partial charge in [-0.05, 0) is 30.7 Å². The second kappa shape index (κ2) is 5.65. The summed E-state index contributed by atoms with van der Waals surface area (Å²) in [6, 6.07) is 6.11. The average Bonchev–Trinajstić information content (AvgIpc) is 2.91. The van der Waals surface area contributed by atoms with Crippen LogP contribution in [0.3, 0.4) is 0 Å². The zero-order valence-corrected chi connectivity index (χ0v) is 11.6. The first kappa shape index (κ1) is 13.8. The van der Waals surface area contributed by atoms with Crippen LogP contribution in [0, 0.1) is 5.82 Å². The standard InChI is InChI=1S/C15H15FN2O3/c1-20-9-14(19)18-7-6-12-13(8-18)17-21-15(12)10-2-4-11(16)5-3-10/h2-5H,6-9H2,1H3. The Bertz CT molecular complexity index is 651. The molecule has 21 heavy (non-hydrogen) atoms. The van der Waals surface area contributed by atoms with Crippen LogP contribution >= 0.6 is 0 Å². The summed E-state index contributed by atoms with van der Waals surface area (Å²) in [6.45, 7) is 1.09. The Morgan fingerprint density at radius 1 is 1.43 bits per heavy atom. The van der Waals surface area contributed by atoms with Gasteiger partial charge in [-0.1, -0.05) is 5.16 Å². The number of carbonyl (C=O) groups is 1. The van der Waals surface area contributed by atoms with Gasteiger partial charge in [0.05, 0.1) is 6.54 Å². The molecular weight excluding hydrogens is 275 g/mol. The number of hydrogen-bond donors (Lipinski definition) is 0. The number of benzene rings is 1. The van der Waals surface area contributed by atoms with Gasteiger partial charge in [-0.3, -0.25) is 4.79 Å². The van der Waals surface area contributed by atoms with Crippen LogP contribution in [0.15, 0.2) is 28.8 Å². The third-order valence-corrected chi connectivity index (χ3v) is 3.57. The van der Waals surface area contributed by atoms with Crippen LogP contribution in [0.2, 0.25) is 0 Å². The number of aromatic nitrogens is 1. The molecule has 0 N–H and O–H groups in total. The van der Waals surface area contributed by atoms with E-state index < -0.39 is 0 Å². The van der Waals surface area contributed by atoms with Gasteiger partial charge in [-0.25, -0.2) is 4.39 Å². The summed E-state index contributed by atoms with van der Waals surface area (Å²) in [6.07, 6.45) is 0.668. The van der Waals surface area contributed by atoms with Gasteiger partial charge >= 0.3 is 0 Å². The summed E-state index contributed by atoms with van der Waals surface area (Å²) in [7, 11) is 1.50. The van der Waals surface area contributed by atoms with Gasteiger partial charge in [-0.2, -0.15) is 0 Å². The van der Waals surface area contributed by atoms with Crippen molar-refractivity contribution >= 4 is 5.91 Å². The summed E-state index contributed by atoms with van der Waals surface area (Å²) in [5.41, 5.74) is 2.54. The highest BCUT2D eigenvalue weighted by molar-refractivity contribution is 5.78. The second-order valence-electron chi connectivity index (χ2n) is 4.94. The minimum atomic E-state index is -0.288. The lowest BCUT2D eigenvalue weighted by Crippen LogP contribution is -2.38. The largest absolute Gasteiger partial charge is 0.375 e. The number of carbonyl (C=O) groups excluding carboxylic acids is 1. The molecule has 0 radical (unpaired) electrons. The maximum atomic E-state index is 13.0. The van der Waals surface area contributed by atoms with E-state index in [-0.39, 0.29) is 18.3 Å². The highest BCUT2D eigenvalue weighted by atomic mass is 19.1. The molecule has 0 aliphatic carbocycles. The van der Waals surface area contributed by atoms with Crippen LogP contribution < -0.4 is 0 Å². The van der Waals surface area contributed by atoms with E-state index in [0.29, 0.717) is 25.3 Å². The van der Waals surface area contributed by atoms with Crippen molar-refractivity contribution in [2.24, 2.45) is 0 Å². The molecule has 5 nitrogen and oxygen atoms in total.